The van der Waals surface area contributed by atoms with Crippen LogP contribution in [0.1, 0.15) is 6.92 Å². The monoisotopic (exact) mass is 144 g/mol. The summed E-state index contributed by atoms with van der Waals surface area (Å²) in [5, 5.41) is 1.36. The Morgan fingerprint density at radius 2 is 2.25 bits per heavy atom. The van der Waals surface area contributed by atoms with Crippen LogP contribution in [0, 0.1) is 0 Å². The molecule has 0 N–H and O–H groups in total. The standard InChI is InChI=1S/C6H9ClSi/c1-6-4-3-5-8(6,2)7/h3-5H,1-2H3. The van der Waals surface area contributed by atoms with Crippen LogP contribution in [0.3, 0.4) is 0 Å². The SMILES string of the molecule is CC1=CC=C[Si]1(C)Cl. The van der Waals surface area contributed by atoms with E-state index in [1.165, 1.54) is 5.20 Å². The molecule has 0 radical (unpaired) electrons. The van der Waals surface area contributed by atoms with Gasteiger partial charge in [-0.05, 0) is 13.5 Å². The number of rotatable bonds is 0. The molecular formula is C6H9ClSi. The van der Waals surface area contributed by atoms with Crippen LogP contribution in [0.2, 0.25) is 6.55 Å². The Bertz CT molecular complexity index is 156. The van der Waals surface area contributed by atoms with Gasteiger partial charge in [-0.25, -0.2) is 0 Å². The van der Waals surface area contributed by atoms with Crippen molar-refractivity contribution in [1.82, 2.24) is 0 Å². The molecule has 1 atom stereocenters. The normalized spacial score (nSPS) is 35.6. The van der Waals surface area contributed by atoms with E-state index in [2.05, 4.69) is 31.3 Å². The highest BCUT2D eigenvalue weighted by atomic mass is 35.6. The molecule has 0 saturated heterocycles. The van der Waals surface area contributed by atoms with E-state index >= 15 is 0 Å². The van der Waals surface area contributed by atoms with E-state index in [1.54, 1.807) is 0 Å². The number of allylic oxidation sites excluding steroid dienone is 3. The zero-order valence-electron chi connectivity index (χ0n) is 5.11. The molecule has 1 unspecified atom stereocenters. The minimum atomic E-state index is -1.49. The minimum Gasteiger partial charge on any atom is -0.156 e. The molecule has 0 amide bonds. The second-order valence-electron chi connectivity index (χ2n) is 2.28. The Kier molecular flexibility index (Phi) is 1.33. The van der Waals surface area contributed by atoms with Gasteiger partial charge < -0.3 is 0 Å². The highest BCUT2D eigenvalue weighted by Crippen LogP contribution is 2.24. The molecule has 0 aliphatic carbocycles. The maximum Gasteiger partial charge on any atom is 0.203 e. The molecule has 1 aliphatic heterocycles. The highest BCUT2D eigenvalue weighted by Gasteiger charge is 2.25. The van der Waals surface area contributed by atoms with Gasteiger partial charge in [-0.2, -0.15) is 11.1 Å². The first kappa shape index (κ1) is 6.11. The van der Waals surface area contributed by atoms with Crippen LogP contribution < -0.4 is 0 Å². The first-order chi connectivity index (χ1) is 3.63. The summed E-state index contributed by atoms with van der Waals surface area (Å²) in [6.07, 6.45) is 4.15. The van der Waals surface area contributed by atoms with Gasteiger partial charge in [0.25, 0.3) is 0 Å². The third-order valence-electron chi connectivity index (χ3n) is 1.53. The van der Waals surface area contributed by atoms with Crippen LogP contribution in [0.4, 0.5) is 0 Å². The Balaban J connectivity index is 2.87. The molecule has 0 aromatic carbocycles. The molecule has 1 aliphatic rings. The average molecular weight is 145 g/mol. The molecule has 2 heteroatoms. The summed E-state index contributed by atoms with van der Waals surface area (Å²) in [6, 6.07) is 0. The molecule has 0 nitrogen and oxygen atoms in total. The van der Waals surface area contributed by atoms with Gasteiger partial charge in [-0.15, -0.1) is 0 Å². The molecule has 0 fully saturated rings. The van der Waals surface area contributed by atoms with Gasteiger partial charge in [0, 0.05) is 0 Å². The number of hydrogen-bond acceptors (Lipinski definition) is 0. The van der Waals surface area contributed by atoms with Gasteiger partial charge >= 0.3 is 0 Å². The van der Waals surface area contributed by atoms with E-state index in [1.807, 2.05) is 0 Å². The average Bonchev–Trinajstić information content (AvgIpc) is 1.86. The van der Waals surface area contributed by atoms with E-state index in [-0.39, 0.29) is 0 Å². The molecule has 0 spiro atoms. The zero-order chi connectivity index (χ0) is 6.20. The summed E-state index contributed by atoms with van der Waals surface area (Å²) in [5.41, 5.74) is 2.13. The largest absolute Gasteiger partial charge is 0.203 e. The van der Waals surface area contributed by atoms with Crippen molar-refractivity contribution in [3.63, 3.8) is 0 Å². The fraction of sp³-hybridized carbons (Fsp3) is 0.333. The predicted octanol–water partition coefficient (Wildman–Crippen LogP) is 2.40. The smallest absolute Gasteiger partial charge is 0.156 e. The van der Waals surface area contributed by atoms with Crippen molar-refractivity contribution in [1.29, 1.82) is 0 Å². The first-order valence-electron chi connectivity index (χ1n) is 2.68. The molecular weight excluding hydrogens is 136 g/mol. The Morgan fingerprint density at radius 3 is 2.38 bits per heavy atom. The predicted molar refractivity (Wildman–Crippen MR) is 40.4 cm³/mol. The third-order valence-corrected chi connectivity index (χ3v) is 5.33. The van der Waals surface area contributed by atoms with E-state index in [9.17, 15) is 0 Å². The van der Waals surface area contributed by atoms with Gasteiger partial charge in [-0.1, -0.05) is 23.0 Å². The fourth-order valence-electron chi connectivity index (χ4n) is 0.668. The van der Waals surface area contributed by atoms with Gasteiger partial charge in [0.2, 0.25) is 7.38 Å². The molecule has 0 bridgehead atoms. The van der Waals surface area contributed by atoms with Crippen molar-refractivity contribution < 1.29 is 0 Å². The highest BCUT2D eigenvalue weighted by molar-refractivity contribution is 7.26. The molecule has 1 heterocycles. The van der Waals surface area contributed by atoms with Crippen LogP contribution in [0.25, 0.3) is 0 Å². The summed E-state index contributed by atoms with van der Waals surface area (Å²) < 4.78 is 0. The molecule has 0 saturated carbocycles. The molecule has 44 valence electrons. The van der Waals surface area contributed by atoms with E-state index in [0.29, 0.717) is 0 Å². The quantitative estimate of drug-likeness (QED) is 0.362. The second-order valence-corrected chi connectivity index (χ2v) is 7.91. The van der Waals surface area contributed by atoms with Crippen molar-refractivity contribution in [3.8, 4) is 0 Å². The maximum absolute atomic E-state index is 6.10. The summed E-state index contributed by atoms with van der Waals surface area (Å²) in [7, 11) is -1.49. The summed E-state index contributed by atoms with van der Waals surface area (Å²) in [6.45, 7) is 4.23. The summed E-state index contributed by atoms with van der Waals surface area (Å²) >= 11 is 6.10. The number of hydrogen-bond donors (Lipinski definition) is 0. The number of halogens is 1. The lowest BCUT2D eigenvalue weighted by Crippen LogP contribution is -2.18. The van der Waals surface area contributed by atoms with Gasteiger partial charge in [-0.3, -0.25) is 0 Å². The molecule has 8 heavy (non-hydrogen) atoms. The van der Waals surface area contributed by atoms with E-state index in [4.69, 9.17) is 11.1 Å². The van der Waals surface area contributed by atoms with Crippen LogP contribution in [0.15, 0.2) is 23.0 Å². The van der Waals surface area contributed by atoms with E-state index in [0.717, 1.165) is 0 Å². The van der Waals surface area contributed by atoms with Crippen LogP contribution in [0.5, 0.6) is 0 Å². The van der Waals surface area contributed by atoms with Crippen molar-refractivity contribution in [2.75, 3.05) is 0 Å². The molecule has 0 aromatic rings. The summed E-state index contributed by atoms with van der Waals surface area (Å²) in [4.78, 5) is 0. The van der Waals surface area contributed by atoms with Crippen molar-refractivity contribution in [2.24, 2.45) is 0 Å². The minimum absolute atomic E-state index is 1.36. The third kappa shape index (κ3) is 0.883. The van der Waals surface area contributed by atoms with E-state index < -0.39 is 7.38 Å². The van der Waals surface area contributed by atoms with Crippen LogP contribution >= 0.6 is 11.1 Å². The Hall–Kier alpha value is -0.0131. The Morgan fingerprint density at radius 1 is 1.62 bits per heavy atom. The second kappa shape index (κ2) is 1.74. The Labute approximate surface area is 55.6 Å². The van der Waals surface area contributed by atoms with Gasteiger partial charge in [0.05, 0.1) is 0 Å². The lowest BCUT2D eigenvalue weighted by Gasteiger charge is -2.09. The van der Waals surface area contributed by atoms with Crippen LogP contribution in [-0.4, -0.2) is 7.38 Å². The van der Waals surface area contributed by atoms with Gasteiger partial charge in [0.1, 0.15) is 0 Å². The lowest BCUT2D eigenvalue weighted by atomic mass is 10.5. The zero-order valence-corrected chi connectivity index (χ0v) is 6.87. The topological polar surface area (TPSA) is 0 Å². The van der Waals surface area contributed by atoms with Gasteiger partial charge in [0.15, 0.2) is 0 Å². The first-order valence-corrected chi connectivity index (χ1v) is 6.27. The van der Waals surface area contributed by atoms with Crippen LogP contribution in [-0.2, 0) is 0 Å². The molecule has 0 aromatic heterocycles. The molecule has 1 rings (SSSR count). The van der Waals surface area contributed by atoms with Crippen molar-refractivity contribution in [3.05, 3.63) is 23.0 Å². The van der Waals surface area contributed by atoms with Crippen molar-refractivity contribution >= 4 is 18.5 Å². The van der Waals surface area contributed by atoms with Crippen molar-refractivity contribution in [2.45, 2.75) is 13.5 Å². The maximum atomic E-state index is 6.10. The lowest BCUT2D eigenvalue weighted by molar-refractivity contribution is 1.63. The fourth-order valence-corrected chi connectivity index (χ4v) is 2.22. The summed E-state index contributed by atoms with van der Waals surface area (Å²) in [5.74, 6) is 0.